The molecule has 0 bridgehead atoms. The molecule has 1 nitrogen and oxygen atoms in total. The molecule has 0 spiro atoms. The predicted molar refractivity (Wildman–Crippen MR) is 55.4 cm³/mol. The second-order valence-corrected chi connectivity index (χ2v) is 3.40. The van der Waals surface area contributed by atoms with Gasteiger partial charge in [-0.1, -0.05) is 30.3 Å². The average Bonchev–Trinajstić information content (AvgIpc) is 2.21. The molecule has 2 rings (SSSR count). The molecule has 1 aliphatic rings. The lowest BCUT2D eigenvalue weighted by Crippen LogP contribution is -1.87. The van der Waals surface area contributed by atoms with Crippen LogP contribution in [-0.2, 0) is 0 Å². The van der Waals surface area contributed by atoms with Crippen LogP contribution in [0.1, 0.15) is 5.56 Å². The molecule has 0 amide bonds. The Balaban J connectivity index is 2.31. The van der Waals surface area contributed by atoms with E-state index in [0.717, 1.165) is 11.4 Å². The largest absolute Gasteiger partial charge is 0.250 e. The van der Waals surface area contributed by atoms with Gasteiger partial charge in [-0.25, -0.2) is 4.99 Å². The fraction of sp³-hybridized carbons (Fsp3) is 0.100. The molecule has 0 aromatic heterocycles. The summed E-state index contributed by atoms with van der Waals surface area (Å²) >= 11 is 1.73. The monoisotopic (exact) mass is 175 g/mol. The Bertz CT molecular complexity index is 314. The highest BCUT2D eigenvalue weighted by Crippen LogP contribution is 2.19. The van der Waals surface area contributed by atoms with Gasteiger partial charge in [0.05, 0.1) is 11.2 Å². The van der Waals surface area contributed by atoms with Crippen LogP contribution < -0.4 is 0 Å². The van der Waals surface area contributed by atoms with Crippen LogP contribution in [0.25, 0.3) is 5.70 Å². The van der Waals surface area contributed by atoms with Gasteiger partial charge in [-0.15, -0.1) is 11.8 Å². The van der Waals surface area contributed by atoms with E-state index in [1.165, 1.54) is 5.56 Å². The summed E-state index contributed by atoms with van der Waals surface area (Å²) in [5.41, 5.74) is 4.20. The first-order valence-electron chi connectivity index (χ1n) is 3.86. The minimum Gasteiger partial charge on any atom is -0.250 e. The Morgan fingerprint density at radius 1 is 1.17 bits per heavy atom. The van der Waals surface area contributed by atoms with Gasteiger partial charge in [0.2, 0.25) is 0 Å². The molecule has 1 aromatic carbocycles. The van der Waals surface area contributed by atoms with Crippen molar-refractivity contribution in [2.24, 2.45) is 4.99 Å². The van der Waals surface area contributed by atoms with Crippen LogP contribution in [0.3, 0.4) is 0 Å². The van der Waals surface area contributed by atoms with E-state index in [9.17, 15) is 0 Å². The van der Waals surface area contributed by atoms with Crippen LogP contribution in [0.15, 0.2) is 41.4 Å². The van der Waals surface area contributed by atoms with Crippen molar-refractivity contribution >= 4 is 23.0 Å². The maximum Gasteiger partial charge on any atom is 0.0676 e. The first-order chi connectivity index (χ1) is 5.97. The van der Waals surface area contributed by atoms with Crippen LogP contribution in [-0.4, -0.2) is 11.3 Å². The number of hydrogen-bond acceptors (Lipinski definition) is 2. The molecule has 0 aliphatic carbocycles. The van der Waals surface area contributed by atoms with E-state index in [1.54, 1.807) is 11.8 Å². The first-order valence-corrected chi connectivity index (χ1v) is 4.91. The lowest BCUT2D eigenvalue weighted by molar-refractivity contribution is 1.49. The Hall–Kier alpha value is -1.02. The number of aliphatic imine (C=N–C) groups is 1. The molecule has 12 heavy (non-hydrogen) atoms. The highest BCUT2D eigenvalue weighted by atomic mass is 32.2. The van der Waals surface area contributed by atoms with Gasteiger partial charge in [-0.05, 0) is 11.6 Å². The third-order valence-corrected chi connectivity index (χ3v) is 2.32. The molecule has 0 atom stereocenters. The van der Waals surface area contributed by atoms with Crippen LogP contribution in [0.5, 0.6) is 0 Å². The maximum atomic E-state index is 4.30. The maximum absolute atomic E-state index is 4.30. The molecule has 1 aromatic rings. The highest BCUT2D eigenvalue weighted by molar-refractivity contribution is 8.12. The fourth-order valence-electron chi connectivity index (χ4n) is 1.12. The second kappa shape index (κ2) is 3.59. The summed E-state index contributed by atoms with van der Waals surface area (Å²) in [5, 5.41) is 0. The van der Waals surface area contributed by atoms with Gasteiger partial charge in [0, 0.05) is 5.75 Å². The molecule has 0 fully saturated rings. The van der Waals surface area contributed by atoms with Crippen LogP contribution in [0.4, 0.5) is 0 Å². The summed E-state index contributed by atoms with van der Waals surface area (Å²) in [6.07, 6.45) is 2.15. The zero-order valence-corrected chi connectivity index (χ0v) is 7.42. The molecular weight excluding hydrogens is 166 g/mol. The van der Waals surface area contributed by atoms with Crippen molar-refractivity contribution in [3.63, 3.8) is 0 Å². The molecule has 0 N–H and O–H groups in total. The average molecular weight is 175 g/mol. The third-order valence-electron chi connectivity index (χ3n) is 1.71. The van der Waals surface area contributed by atoms with Crippen LogP contribution >= 0.6 is 11.8 Å². The van der Waals surface area contributed by atoms with Crippen LogP contribution in [0, 0.1) is 0 Å². The van der Waals surface area contributed by atoms with Crippen molar-refractivity contribution in [2.45, 2.75) is 0 Å². The first kappa shape index (κ1) is 7.62. The number of nitrogens with zero attached hydrogens (tertiary/aromatic N) is 1. The van der Waals surface area contributed by atoms with Crippen LogP contribution in [0.2, 0.25) is 0 Å². The fourth-order valence-corrected chi connectivity index (χ4v) is 1.65. The number of hydrogen-bond donors (Lipinski definition) is 0. The SMILES string of the molecule is C1=NC(c2ccccc2)=CCS1. The van der Waals surface area contributed by atoms with Gasteiger partial charge in [-0.2, -0.15) is 0 Å². The quantitative estimate of drug-likeness (QED) is 0.639. The Kier molecular flexibility index (Phi) is 2.28. The Morgan fingerprint density at radius 3 is 2.67 bits per heavy atom. The van der Waals surface area contributed by atoms with Gasteiger partial charge >= 0.3 is 0 Å². The van der Waals surface area contributed by atoms with E-state index in [2.05, 4.69) is 23.2 Å². The summed E-state index contributed by atoms with van der Waals surface area (Å²) in [5.74, 6) is 1.04. The molecule has 1 aliphatic heterocycles. The Morgan fingerprint density at radius 2 is 2.00 bits per heavy atom. The summed E-state index contributed by atoms with van der Waals surface area (Å²) < 4.78 is 0. The molecule has 0 saturated carbocycles. The molecule has 0 radical (unpaired) electrons. The number of thioether (sulfide) groups is 1. The van der Waals surface area contributed by atoms with E-state index in [4.69, 9.17) is 0 Å². The smallest absolute Gasteiger partial charge is 0.0676 e. The summed E-state index contributed by atoms with van der Waals surface area (Å²) in [4.78, 5) is 4.30. The van der Waals surface area contributed by atoms with Crippen molar-refractivity contribution in [1.82, 2.24) is 0 Å². The van der Waals surface area contributed by atoms with Gasteiger partial charge < -0.3 is 0 Å². The highest BCUT2D eigenvalue weighted by Gasteiger charge is 2.00. The summed E-state index contributed by atoms with van der Waals surface area (Å²) in [6, 6.07) is 10.3. The Labute approximate surface area is 76.2 Å². The van der Waals surface area contributed by atoms with Crippen molar-refractivity contribution < 1.29 is 0 Å². The summed E-state index contributed by atoms with van der Waals surface area (Å²) in [7, 11) is 0. The van der Waals surface area contributed by atoms with E-state index in [1.807, 2.05) is 23.7 Å². The lowest BCUT2D eigenvalue weighted by atomic mass is 10.1. The van der Waals surface area contributed by atoms with Crippen molar-refractivity contribution in [3.8, 4) is 0 Å². The van der Waals surface area contributed by atoms with Gasteiger partial charge in [-0.3, -0.25) is 0 Å². The van der Waals surface area contributed by atoms with Crippen molar-refractivity contribution in [3.05, 3.63) is 42.0 Å². The van der Waals surface area contributed by atoms with Crippen molar-refractivity contribution in [2.75, 3.05) is 5.75 Å². The molecular formula is C10H9NS. The molecule has 1 heterocycles. The van der Waals surface area contributed by atoms with Gasteiger partial charge in [0.15, 0.2) is 0 Å². The van der Waals surface area contributed by atoms with E-state index in [0.29, 0.717) is 0 Å². The second-order valence-electron chi connectivity index (χ2n) is 2.52. The number of rotatable bonds is 1. The standard InChI is InChI=1S/C10H9NS/c1-2-4-9(5-3-1)10-6-7-12-8-11-10/h1-6,8H,7H2. The zero-order chi connectivity index (χ0) is 8.23. The van der Waals surface area contributed by atoms with E-state index < -0.39 is 0 Å². The van der Waals surface area contributed by atoms with Gasteiger partial charge in [0.1, 0.15) is 0 Å². The zero-order valence-electron chi connectivity index (χ0n) is 6.60. The van der Waals surface area contributed by atoms with Gasteiger partial charge in [0.25, 0.3) is 0 Å². The van der Waals surface area contributed by atoms with E-state index >= 15 is 0 Å². The minimum absolute atomic E-state index is 1.04. The van der Waals surface area contributed by atoms with Crippen molar-refractivity contribution in [1.29, 1.82) is 0 Å². The molecule has 2 heteroatoms. The minimum atomic E-state index is 1.04. The topological polar surface area (TPSA) is 12.4 Å². The number of benzene rings is 1. The lowest BCUT2D eigenvalue weighted by Gasteiger charge is -2.04. The third kappa shape index (κ3) is 1.59. The normalized spacial score (nSPS) is 15.8. The molecule has 0 unspecified atom stereocenters. The summed E-state index contributed by atoms with van der Waals surface area (Å²) in [6.45, 7) is 0. The molecule has 0 saturated heterocycles. The molecule has 60 valence electrons. The van der Waals surface area contributed by atoms with E-state index in [-0.39, 0.29) is 0 Å². The predicted octanol–water partition coefficient (Wildman–Crippen LogP) is 2.80.